The van der Waals surface area contributed by atoms with Crippen molar-refractivity contribution in [2.75, 3.05) is 5.32 Å². The van der Waals surface area contributed by atoms with Gasteiger partial charge in [-0.25, -0.2) is 9.97 Å². The fourth-order valence-electron chi connectivity index (χ4n) is 3.74. The zero-order valence-electron chi connectivity index (χ0n) is 16.9. The van der Waals surface area contributed by atoms with E-state index in [2.05, 4.69) is 28.5 Å². The Morgan fingerprint density at radius 3 is 2.50 bits per heavy atom. The molecule has 0 aliphatic heterocycles. The van der Waals surface area contributed by atoms with E-state index in [0.29, 0.717) is 16.4 Å². The largest absolute Gasteiger partial charge is 0.369 e. The summed E-state index contributed by atoms with van der Waals surface area (Å²) in [5.74, 6) is -0.752. The molecule has 5 rings (SSSR count). The number of hydrogen-bond donors (Lipinski definition) is 2. The van der Waals surface area contributed by atoms with Crippen LogP contribution in [0, 0.1) is 0 Å². The summed E-state index contributed by atoms with van der Waals surface area (Å²) in [7, 11) is 0. The van der Waals surface area contributed by atoms with Crippen LogP contribution in [0.1, 0.15) is 16.1 Å². The lowest BCUT2D eigenvalue weighted by atomic mass is 9.99. The molecule has 2 amide bonds. The number of amides is 2. The van der Waals surface area contributed by atoms with Gasteiger partial charge in [0.25, 0.3) is 5.91 Å². The standard InChI is InChI=1S/C25H18N4O2S/c26-23(30)12-16-14-32-25(27-16)29-24(31)20-13-22(28-21-11-4-3-9-19(20)21)18-10-5-7-15-6-1-2-8-17(15)18/h1-11,13-14H,12H2,(H2,26,30)(H,27,29,31). The molecular formula is C25H18N4O2S. The number of benzene rings is 3. The number of nitrogens with two attached hydrogens (primary N) is 1. The average Bonchev–Trinajstić information content (AvgIpc) is 3.23. The number of carbonyl (C=O) groups is 2. The van der Waals surface area contributed by atoms with E-state index < -0.39 is 5.91 Å². The first-order chi connectivity index (χ1) is 15.6. The van der Waals surface area contributed by atoms with Crippen LogP contribution in [0.2, 0.25) is 0 Å². The van der Waals surface area contributed by atoms with Crippen LogP contribution in [-0.2, 0) is 11.2 Å². The SMILES string of the molecule is NC(=O)Cc1csc(NC(=O)c2cc(-c3cccc4ccccc34)nc3ccccc23)n1. The third-order valence-corrected chi connectivity index (χ3v) is 5.96. The van der Waals surface area contributed by atoms with E-state index in [9.17, 15) is 9.59 Å². The normalized spacial score (nSPS) is 11.0. The summed E-state index contributed by atoms with van der Waals surface area (Å²) < 4.78 is 0. The molecular weight excluding hydrogens is 420 g/mol. The zero-order valence-corrected chi connectivity index (χ0v) is 17.7. The maximum Gasteiger partial charge on any atom is 0.258 e. The van der Waals surface area contributed by atoms with Crippen molar-refractivity contribution in [3.05, 3.63) is 89.4 Å². The van der Waals surface area contributed by atoms with E-state index in [4.69, 9.17) is 10.7 Å². The summed E-state index contributed by atoms with van der Waals surface area (Å²) >= 11 is 1.26. The Morgan fingerprint density at radius 1 is 0.906 bits per heavy atom. The Labute approximate surface area is 187 Å². The fourth-order valence-corrected chi connectivity index (χ4v) is 4.44. The highest BCUT2D eigenvalue weighted by molar-refractivity contribution is 7.14. The molecule has 0 aliphatic carbocycles. The maximum atomic E-state index is 13.2. The van der Waals surface area contributed by atoms with Gasteiger partial charge in [-0.05, 0) is 22.9 Å². The average molecular weight is 439 g/mol. The van der Waals surface area contributed by atoms with Crippen LogP contribution in [0.5, 0.6) is 0 Å². The summed E-state index contributed by atoms with van der Waals surface area (Å²) in [5, 5.41) is 7.91. The van der Waals surface area contributed by atoms with Gasteiger partial charge in [-0.2, -0.15) is 0 Å². The van der Waals surface area contributed by atoms with Gasteiger partial charge in [-0.1, -0.05) is 60.7 Å². The first kappa shape index (κ1) is 19.8. The molecule has 0 atom stereocenters. The minimum absolute atomic E-state index is 0.0375. The minimum atomic E-state index is -0.465. The van der Waals surface area contributed by atoms with E-state index in [1.165, 1.54) is 11.3 Å². The highest BCUT2D eigenvalue weighted by Crippen LogP contribution is 2.31. The quantitative estimate of drug-likeness (QED) is 0.412. The number of hydrogen-bond acceptors (Lipinski definition) is 5. The molecule has 3 aromatic carbocycles. The molecule has 0 fully saturated rings. The molecule has 7 heteroatoms. The zero-order chi connectivity index (χ0) is 22.1. The number of para-hydroxylation sites is 1. The number of fused-ring (bicyclic) bond motifs is 2. The van der Waals surface area contributed by atoms with Gasteiger partial charge in [0.05, 0.1) is 28.9 Å². The minimum Gasteiger partial charge on any atom is -0.369 e. The van der Waals surface area contributed by atoms with Gasteiger partial charge in [-0.15, -0.1) is 11.3 Å². The first-order valence-electron chi connectivity index (χ1n) is 10.0. The van der Waals surface area contributed by atoms with Crippen molar-refractivity contribution in [2.24, 2.45) is 5.73 Å². The van der Waals surface area contributed by atoms with Gasteiger partial charge in [0.2, 0.25) is 5.91 Å². The molecule has 2 aromatic heterocycles. The molecule has 0 bridgehead atoms. The molecule has 156 valence electrons. The van der Waals surface area contributed by atoms with Gasteiger partial charge in [0.1, 0.15) is 0 Å². The highest BCUT2D eigenvalue weighted by Gasteiger charge is 2.17. The topological polar surface area (TPSA) is 98.0 Å². The van der Waals surface area contributed by atoms with Crippen molar-refractivity contribution >= 4 is 50.0 Å². The number of primary amides is 1. The number of aromatic nitrogens is 2. The second-order valence-corrected chi connectivity index (χ2v) is 8.20. The molecule has 3 N–H and O–H groups in total. The van der Waals surface area contributed by atoms with Crippen LogP contribution in [0.3, 0.4) is 0 Å². The molecule has 2 heterocycles. The summed E-state index contributed by atoms with van der Waals surface area (Å²) in [6.45, 7) is 0. The van der Waals surface area contributed by atoms with E-state index in [1.807, 2.05) is 54.6 Å². The number of pyridine rings is 1. The van der Waals surface area contributed by atoms with Gasteiger partial charge in [0.15, 0.2) is 5.13 Å². The number of rotatable bonds is 5. The molecule has 0 saturated carbocycles. The first-order valence-corrected chi connectivity index (χ1v) is 10.9. The summed E-state index contributed by atoms with van der Waals surface area (Å²) in [5.41, 5.74) is 8.69. The highest BCUT2D eigenvalue weighted by atomic mass is 32.1. The monoisotopic (exact) mass is 438 g/mol. The predicted octanol–water partition coefficient (Wildman–Crippen LogP) is 4.79. The van der Waals surface area contributed by atoms with Crippen molar-refractivity contribution in [3.63, 3.8) is 0 Å². The lowest BCUT2D eigenvalue weighted by Gasteiger charge is -2.11. The van der Waals surface area contributed by atoms with Gasteiger partial charge >= 0.3 is 0 Å². The van der Waals surface area contributed by atoms with Gasteiger partial charge < -0.3 is 5.73 Å². The Hall–Kier alpha value is -4.10. The molecule has 0 saturated heterocycles. The van der Waals surface area contributed by atoms with Crippen molar-refractivity contribution < 1.29 is 9.59 Å². The molecule has 6 nitrogen and oxygen atoms in total. The Balaban J connectivity index is 1.59. The fraction of sp³-hybridized carbons (Fsp3) is 0.0400. The molecule has 32 heavy (non-hydrogen) atoms. The predicted molar refractivity (Wildman–Crippen MR) is 128 cm³/mol. The second kappa shape index (κ2) is 8.20. The summed E-state index contributed by atoms with van der Waals surface area (Å²) in [6.07, 6.45) is 0.0375. The van der Waals surface area contributed by atoms with Gasteiger partial charge in [0, 0.05) is 16.3 Å². The van der Waals surface area contributed by atoms with E-state index in [-0.39, 0.29) is 12.3 Å². The third-order valence-electron chi connectivity index (χ3n) is 5.15. The van der Waals surface area contributed by atoms with Crippen molar-refractivity contribution in [2.45, 2.75) is 6.42 Å². The molecule has 0 radical (unpaired) electrons. The lowest BCUT2D eigenvalue weighted by Crippen LogP contribution is -2.15. The Kier molecular flexibility index (Phi) is 5.09. The van der Waals surface area contributed by atoms with E-state index in [0.717, 1.165) is 32.9 Å². The Bertz CT molecular complexity index is 1490. The van der Waals surface area contributed by atoms with Crippen LogP contribution in [0.25, 0.3) is 32.9 Å². The van der Waals surface area contributed by atoms with Crippen molar-refractivity contribution in [1.29, 1.82) is 0 Å². The number of nitrogens with zero attached hydrogens (tertiary/aromatic N) is 2. The van der Waals surface area contributed by atoms with Crippen LogP contribution in [0.4, 0.5) is 5.13 Å². The number of nitrogens with one attached hydrogen (secondary N) is 1. The number of carbonyl (C=O) groups excluding carboxylic acids is 2. The molecule has 5 aromatic rings. The van der Waals surface area contributed by atoms with Crippen molar-refractivity contribution in [3.8, 4) is 11.3 Å². The van der Waals surface area contributed by atoms with Crippen molar-refractivity contribution in [1.82, 2.24) is 9.97 Å². The lowest BCUT2D eigenvalue weighted by molar-refractivity contribution is -0.117. The number of thiazole rings is 1. The molecule has 0 aliphatic rings. The van der Waals surface area contributed by atoms with Crippen LogP contribution in [0.15, 0.2) is 78.2 Å². The van der Waals surface area contributed by atoms with E-state index in [1.54, 1.807) is 5.38 Å². The summed E-state index contributed by atoms with van der Waals surface area (Å²) in [4.78, 5) is 33.5. The molecule has 0 unspecified atom stereocenters. The van der Waals surface area contributed by atoms with Gasteiger partial charge in [-0.3, -0.25) is 14.9 Å². The van der Waals surface area contributed by atoms with Crippen LogP contribution in [-0.4, -0.2) is 21.8 Å². The van der Waals surface area contributed by atoms with Crippen LogP contribution >= 0.6 is 11.3 Å². The smallest absolute Gasteiger partial charge is 0.258 e. The summed E-state index contributed by atoms with van der Waals surface area (Å²) in [6, 6.07) is 23.5. The second-order valence-electron chi connectivity index (χ2n) is 7.34. The maximum absolute atomic E-state index is 13.2. The Morgan fingerprint density at radius 2 is 1.66 bits per heavy atom. The van der Waals surface area contributed by atoms with E-state index >= 15 is 0 Å². The third kappa shape index (κ3) is 3.81. The molecule has 0 spiro atoms. The number of anilines is 1. The van der Waals surface area contributed by atoms with Crippen LogP contribution < -0.4 is 11.1 Å².